The fraction of sp³-hybridized carbons (Fsp3) is 0.250. The topological polar surface area (TPSA) is 60.5 Å². The van der Waals surface area contributed by atoms with Gasteiger partial charge in [0.2, 0.25) is 5.88 Å². The summed E-state index contributed by atoms with van der Waals surface area (Å²) >= 11 is 5.81. The highest BCUT2D eigenvalue weighted by Crippen LogP contribution is 2.17. The zero-order valence-electron chi connectivity index (χ0n) is 11.8. The number of carbonyl (C=O) groups excluding carboxylic acids is 1. The van der Waals surface area contributed by atoms with E-state index >= 15 is 0 Å². The number of carbonyl (C=O) groups is 1. The van der Waals surface area contributed by atoms with E-state index in [0.717, 1.165) is 6.42 Å². The second-order valence-electron chi connectivity index (χ2n) is 4.95. The summed E-state index contributed by atoms with van der Waals surface area (Å²) in [6.07, 6.45) is 2.40. The molecule has 1 atom stereocenters. The van der Waals surface area contributed by atoms with Gasteiger partial charge in [0.1, 0.15) is 6.10 Å². The second kappa shape index (κ2) is 6.77. The van der Waals surface area contributed by atoms with Crippen LogP contribution < -0.4 is 10.1 Å². The summed E-state index contributed by atoms with van der Waals surface area (Å²) in [4.78, 5) is 16.3. The van der Waals surface area contributed by atoms with E-state index in [2.05, 4.69) is 10.3 Å². The van der Waals surface area contributed by atoms with E-state index in [1.807, 2.05) is 0 Å². The molecule has 5 nitrogen and oxygen atoms in total. The molecule has 0 radical (unpaired) electrons. The Balaban J connectivity index is 1.61. The molecule has 2 aromatic rings. The van der Waals surface area contributed by atoms with Crippen molar-refractivity contribution < 1.29 is 14.3 Å². The predicted molar refractivity (Wildman–Crippen MR) is 83.5 cm³/mol. The van der Waals surface area contributed by atoms with Gasteiger partial charge in [-0.05, 0) is 30.3 Å². The molecule has 1 fully saturated rings. The lowest BCUT2D eigenvalue weighted by molar-refractivity contribution is 0.102. The molecule has 1 N–H and O–H groups in total. The Morgan fingerprint density at radius 1 is 1.27 bits per heavy atom. The van der Waals surface area contributed by atoms with Gasteiger partial charge in [0.25, 0.3) is 5.91 Å². The highest BCUT2D eigenvalue weighted by atomic mass is 35.5. The minimum absolute atomic E-state index is 0.0428. The number of hydrogen-bond donors (Lipinski definition) is 1. The first-order chi connectivity index (χ1) is 10.7. The van der Waals surface area contributed by atoms with E-state index in [9.17, 15) is 4.79 Å². The van der Waals surface area contributed by atoms with Crippen LogP contribution in [0.15, 0.2) is 42.6 Å². The zero-order chi connectivity index (χ0) is 15.4. The summed E-state index contributed by atoms with van der Waals surface area (Å²) in [6, 6.07) is 10.3. The normalized spacial score (nSPS) is 17.2. The highest BCUT2D eigenvalue weighted by Gasteiger charge is 2.17. The number of halogens is 1. The van der Waals surface area contributed by atoms with Gasteiger partial charge in [0, 0.05) is 29.4 Å². The van der Waals surface area contributed by atoms with Crippen LogP contribution in [0.4, 0.5) is 5.69 Å². The van der Waals surface area contributed by atoms with Crippen LogP contribution in [0.2, 0.25) is 5.02 Å². The van der Waals surface area contributed by atoms with Gasteiger partial charge in [-0.1, -0.05) is 11.6 Å². The van der Waals surface area contributed by atoms with Gasteiger partial charge >= 0.3 is 0 Å². The maximum atomic E-state index is 12.1. The van der Waals surface area contributed by atoms with E-state index in [4.69, 9.17) is 21.1 Å². The van der Waals surface area contributed by atoms with Crippen molar-refractivity contribution in [2.24, 2.45) is 0 Å². The van der Waals surface area contributed by atoms with Gasteiger partial charge in [0.15, 0.2) is 0 Å². The SMILES string of the molecule is O=C(Nc1ccc(Cl)cc1)c1ccc(O[C@@H]2CCOC2)nc1. The Kier molecular flexibility index (Phi) is 4.56. The summed E-state index contributed by atoms with van der Waals surface area (Å²) in [7, 11) is 0. The Labute approximate surface area is 133 Å². The molecule has 1 saturated heterocycles. The number of anilines is 1. The van der Waals surface area contributed by atoms with Crippen LogP contribution in [-0.2, 0) is 4.74 Å². The molecule has 2 heterocycles. The summed E-state index contributed by atoms with van der Waals surface area (Å²) < 4.78 is 10.9. The molecule has 114 valence electrons. The van der Waals surface area contributed by atoms with Crippen LogP contribution in [0.25, 0.3) is 0 Å². The van der Waals surface area contributed by atoms with Crippen LogP contribution in [0, 0.1) is 0 Å². The van der Waals surface area contributed by atoms with Gasteiger partial charge in [-0.25, -0.2) is 4.98 Å². The standard InChI is InChI=1S/C16H15ClN2O3/c17-12-2-4-13(5-3-12)19-16(20)11-1-6-15(18-9-11)22-14-7-8-21-10-14/h1-6,9,14H,7-8,10H2,(H,19,20)/t14-/m1/s1. The molecule has 6 heteroatoms. The number of hydrogen-bond acceptors (Lipinski definition) is 4. The fourth-order valence-corrected chi connectivity index (χ4v) is 2.22. The lowest BCUT2D eigenvalue weighted by Gasteiger charge is -2.11. The zero-order valence-corrected chi connectivity index (χ0v) is 12.5. The van der Waals surface area contributed by atoms with Gasteiger partial charge < -0.3 is 14.8 Å². The Morgan fingerprint density at radius 2 is 2.09 bits per heavy atom. The quantitative estimate of drug-likeness (QED) is 0.940. The summed E-state index contributed by atoms with van der Waals surface area (Å²) in [6.45, 7) is 1.30. The Hall–Kier alpha value is -2.11. The monoisotopic (exact) mass is 318 g/mol. The van der Waals surface area contributed by atoms with Crippen LogP contribution in [0.5, 0.6) is 5.88 Å². The smallest absolute Gasteiger partial charge is 0.257 e. The molecule has 1 amide bonds. The lowest BCUT2D eigenvalue weighted by atomic mass is 10.2. The van der Waals surface area contributed by atoms with Crippen molar-refractivity contribution >= 4 is 23.2 Å². The first-order valence-corrected chi connectivity index (χ1v) is 7.36. The molecule has 1 aromatic heterocycles. The average Bonchev–Trinajstić information content (AvgIpc) is 3.03. The number of rotatable bonds is 4. The number of nitrogens with one attached hydrogen (secondary N) is 1. The molecular weight excluding hydrogens is 304 g/mol. The van der Waals surface area contributed by atoms with Crippen LogP contribution in [0.3, 0.4) is 0 Å². The molecule has 0 spiro atoms. The third-order valence-corrected chi connectivity index (χ3v) is 3.53. The van der Waals surface area contributed by atoms with Gasteiger partial charge in [-0.3, -0.25) is 4.79 Å². The molecule has 1 aromatic carbocycles. The molecule has 0 unspecified atom stereocenters. The highest BCUT2D eigenvalue weighted by molar-refractivity contribution is 6.30. The Morgan fingerprint density at radius 3 is 2.73 bits per heavy atom. The van der Waals surface area contributed by atoms with Gasteiger partial charge in [-0.15, -0.1) is 0 Å². The Bertz CT molecular complexity index is 637. The van der Waals surface area contributed by atoms with Crippen molar-refractivity contribution in [3.63, 3.8) is 0 Å². The number of amides is 1. The molecule has 1 aliphatic rings. The summed E-state index contributed by atoms with van der Waals surface area (Å²) in [5.41, 5.74) is 1.14. The average molecular weight is 319 g/mol. The predicted octanol–water partition coefficient (Wildman–Crippen LogP) is 3.16. The number of ether oxygens (including phenoxy) is 2. The largest absolute Gasteiger partial charge is 0.472 e. The van der Waals surface area contributed by atoms with Crippen molar-refractivity contribution in [3.8, 4) is 5.88 Å². The fourth-order valence-electron chi connectivity index (χ4n) is 2.10. The second-order valence-corrected chi connectivity index (χ2v) is 5.39. The molecule has 0 bridgehead atoms. The van der Waals surface area contributed by atoms with E-state index in [1.54, 1.807) is 36.4 Å². The maximum Gasteiger partial charge on any atom is 0.257 e. The molecule has 22 heavy (non-hydrogen) atoms. The van der Waals surface area contributed by atoms with E-state index in [0.29, 0.717) is 35.4 Å². The number of aromatic nitrogens is 1. The van der Waals surface area contributed by atoms with Crippen LogP contribution in [0.1, 0.15) is 16.8 Å². The van der Waals surface area contributed by atoms with E-state index in [-0.39, 0.29) is 12.0 Å². The van der Waals surface area contributed by atoms with Crippen molar-refractivity contribution in [2.45, 2.75) is 12.5 Å². The number of pyridine rings is 1. The number of nitrogens with zero attached hydrogens (tertiary/aromatic N) is 1. The lowest BCUT2D eigenvalue weighted by Crippen LogP contribution is -2.17. The molecule has 0 saturated carbocycles. The molecule has 1 aliphatic heterocycles. The van der Waals surface area contributed by atoms with Crippen molar-refractivity contribution in [3.05, 3.63) is 53.2 Å². The maximum absolute atomic E-state index is 12.1. The summed E-state index contributed by atoms with van der Waals surface area (Å²) in [5.74, 6) is 0.268. The van der Waals surface area contributed by atoms with Crippen LogP contribution in [-0.4, -0.2) is 30.2 Å². The summed E-state index contributed by atoms with van der Waals surface area (Å²) in [5, 5.41) is 3.40. The number of benzene rings is 1. The minimum Gasteiger partial charge on any atom is -0.472 e. The van der Waals surface area contributed by atoms with Crippen LogP contribution >= 0.6 is 11.6 Å². The first-order valence-electron chi connectivity index (χ1n) is 6.98. The molecule has 0 aliphatic carbocycles. The van der Waals surface area contributed by atoms with Crippen molar-refractivity contribution in [2.75, 3.05) is 18.5 Å². The van der Waals surface area contributed by atoms with Crippen molar-refractivity contribution in [1.29, 1.82) is 0 Å². The third kappa shape index (κ3) is 3.75. The first kappa shape index (κ1) is 14.8. The van der Waals surface area contributed by atoms with E-state index in [1.165, 1.54) is 6.20 Å². The van der Waals surface area contributed by atoms with E-state index < -0.39 is 0 Å². The molecule has 3 rings (SSSR count). The van der Waals surface area contributed by atoms with Crippen molar-refractivity contribution in [1.82, 2.24) is 4.98 Å². The van der Waals surface area contributed by atoms with Gasteiger partial charge in [-0.2, -0.15) is 0 Å². The third-order valence-electron chi connectivity index (χ3n) is 3.28. The molecular formula is C16H15ClN2O3. The minimum atomic E-state index is -0.231. The van der Waals surface area contributed by atoms with Gasteiger partial charge in [0.05, 0.1) is 18.8 Å².